The first kappa shape index (κ1) is 17.6. The monoisotopic (exact) mass is 253 g/mol. The number of esters is 2. The summed E-state index contributed by atoms with van der Waals surface area (Å²) in [7, 11) is 1.26. The Labute approximate surface area is 104 Å². The molecule has 0 saturated carbocycles. The molecule has 0 radical (unpaired) electrons. The summed E-state index contributed by atoms with van der Waals surface area (Å²) >= 11 is 0. The smallest absolute Gasteiger partial charge is 1.00 e. The number of hydrogen-bond acceptors (Lipinski definition) is 5. The highest BCUT2D eigenvalue weighted by molar-refractivity contribution is 5.77. The lowest BCUT2D eigenvalue weighted by Crippen LogP contribution is -3.00. The number of rotatable bonds is 4. The lowest BCUT2D eigenvalue weighted by molar-refractivity contribution is -0.155. The molecule has 5 nitrogen and oxygen atoms in total. The minimum atomic E-state index is -0.762. The first-order valence-corrected chi connectivity index (χ1v) is 4.81. The minimum absolute atomic E-state index is 0. The van der Waals surface area contributed by atoms with Crippen LogP contribution in [-0.2, 0) is 19.1 Å². The van der Waals surface area contributed by atoms with Crippen molar-refractivity contribution in [3.05, 3.63) is 0 Å². The third-order valence-corrected chi connectivity index (χ3v) is 1.58. The van der Waals surface area contributed by atoms with Gasteiger partial charge in [-0.2, -0.15) is 0 Å². The Kier molecular flexibility index (Phi) is 8.20. The van der Waals surface area contributed by atoms with Crippen molar-refractivity contribution in [2.75, 3.05) is 7.11 Å². The van der Waals surface area contributed by atoms with Crippen molar-refractivity contribution < 1.29 is 32.9 Å². The third-order valence-electron chi connectivity index (χ3n) is 1.58. The molecule has 0 aromatic heterocycles. The number of halogens is 1. The maximum Gasteiger partial charge on any atom is 1.00 e. The summed E-state index contributed by atoms with van der Waals surface area (Å²) in [6.07, 6.45) is 0.356. The van der Waals surface area contributed by atoms with Gasteiger partial charge in [0.15, 0.2) is 0 Å². The van der Waals surface area contributed by atoms with E-state index in [1.165, 1.54) is 7.11 Å². The summed E-state index contributed by atoms with van der Waals surface area (Å²) in [5.74, 6) is -0.875. The van der Waals surface area contributed by atoms with E-state index in [1.54, 1.807) is 20.8 Å². The standard InChI is InChI=1S/C10H19NO4.ClH/c1-10(2,3)15-8(12)6-5-7(11)9(13)14-4;/h7H,5-6,11H2,1-4H3;1H/t7-;/m0./s1. The van der Waals surface area contributed by atoms with Crippen LogP contribution in [0.3, 0.4) is 0 Å². The largest absolute Gasteiger partial charge is 1.00 e. The molecule has 16 heavy (non-hydrogen) atoms. The first-order chi connectivity index (χ1) is 6.76. The van der Waals surface area contributed by atoms with Crippen LogP contribution in [-0.4, -0.2) is 30.7 Å². The van der Waals surface area contributed by atoms with Gasteiger partial charge in [0.1, 0.15) is 11.6 Å². The fourth-order valence-corrected chi connectivity index (χ4v) is 0.935. The number of nitrogens with two attached hydrogens (primary N) is 1. The highest BCUT2D eigenvalue weighted by Gasteiger charge is 2.19. The van der Waals surface area contributed by atoms with Crippen LogP contribution >= 0.6 is 0 Å². The van der Waals surface area contributed by atoms with Crippen LogP contribution in [0.5, 0.6) is 0 Å². The molecule has 0 spiro atoms. The molecule has 0 aliphatic rings. The van der Waals surface area contributed by atoms with E-state index >= 15 is 0 Å². The fraction of sp³-hybridized carbons (Fsp3) is 0.800. The van der Waals surface area contributed by atoms with E-state index in [2.05, 4.69) is 4.74 Å². The molecular formula is C10H20ClNO4. The summed E-state index contributed by atoms with van der Waals surface area (Å²) in [5, 5.41) is 0. The second-order valence-electron chi connectivity index (χ2n) is 4.25. The van der Waals surface area contributed by atoms with Gasteiger partial charge in [0.25, 0.3) is 0 Å². The Morgan fingerprint density at radius 2 is 1.88 bits per heavy atom. The highest BCUT2D eigenvalue weighted by Crippen LogP contribution is 2.09. The SMILES string of the molecule is COC(=O)[C@@H](N)CCC(=O)OC(C)(C)C.[Cl-].[H+]. The molecular weight excluding hydrogens is 234 g/mol. The van der Waals surface area contributed by atoms with Crippen LogP contribution < -0.4 is 18.1 Å². The topological polar surface area (TPSA) is 78.6 Å². The average molecular weight is 254 g/mol. The van der Waals surface area contributed by atoms with E-state index in [4.69, 9.17) is 10.5 Å². The van der Waals surface area contributed by atoms with Gasteiger partial charge in [-0.05, 0) is 27.2 Å². The number of ether oxygens (including phenoxy) is 2. The van der Waals surface area contributed by atoms with Gasteiger partial charge in [-0.25, -0.2) is 0 Å². The number of methoxy groups -OCH3 is 1. The molecule has 0 bridgehead atoms. The van der Waals surface area contributed by atoms with Gasteiger partial charge >= 0.3 is 13.4 Å². The van der Waals surface area contributed by atoms with Crippen LogP contribution in [0.15, 0.2) is 0 Å². The van der Waals surface area contributed by atoms with Crippen LogP contribution in [0.4, 0.5) is 0 Å². The van der Waals surface area contributed by atoms with E-state index in [1.807, 2.05) is 0 Å². The molecule has 0 fully saturated rings. The number of carbonyl (C=O) groups excluding carboxylic acids is 2. The molecule has 0 aromatic rings. The molecule has 0 aromatic carbocycles. The van der Waals surface area contributed by atoms with E-state index in [9.17, 15) is 9.59 Å². The first-order valence-electron chi connectivity index (χ1n) is 4.81. The molecule has 0 rings (SSSR count). The molecule has 0 saturated heterocycles. The number of hydrogen-bond donors (Lipinski definition) is 1. The number of carbonyl (C=O) groups is 2. The summed E-state index contributed by atoms with van der Waals surface area (Å²) in [6.45, 7) is 5.35. The van der Waals surface area contributed by atoms with Crippen molar-refractivity contribution in [1.82, 2.24) is 0 Å². The van der Waals surface area contributed by atoms with E-state index in [0.29, 0.717) is 0 Å². The zero-order valence-corrected chi connectivity index (χ0v) is 10.8. The minimum Gasteiger partial charge on any atom is -1.00 e. The zero-order chi connectivity index (χ0) is 12.1. The predicted octanol–water partition coefficient (Wildman–Crippen LogP) is -2.27. The van der Waals surface area contributed by atoms with E-state index in [-0.39, 0.29) is 32.6 Å². The van der Waals surface area contributed by atoms with Crippen molar-refractivity contribution in [2.24, 2.45) is 5.73 Å². The summed E-state index contributed by atoms with van der Waals surface area (Å²) in [4.78, 5) is 22.2. The fourth-order valence-electron chi connectivity index (χ4n) is 0.935. The van der Waals surface area contributed by atoms with Gasteiger partial charge in [0.05, 0.1) is 7.11 Å². The van der Waals surface area contributed by atoms with Gasteiger partial charge in [0.2, 0.25) is 0 Å². The maximum absolute atomic E-state index is 11.2. The van der Waals surface area contributed by atoms with Crippen molar-refractivity contribution in [2.45, 2.75) is 45.3 Å². The molecule has 0 amide bonds. The molecule has 2 N–H and O–H groups in total. The summed E-state index contributed by atoms with van der Waals surface area (Å²) in [6, 6.07) is -0.762. The molecule has 0 unspecified atom stereocenters. The van der Waals surface area contributed by atoms with E-state index < -0.39 is 17.6 Å². The van der Waals surface area contributed by atoms with Crippen LogP contribution in [0, 0.1) is 0 Å². The third kappa shape index (κ3) is 8.49. The second-order valence-corrected chi connectivity index (χ2v) is 4.25. The Hall–Kier alpha value is -0.810. The Bertz CT molecular complexity index is 243. The van der Waals surface area contributed by atoms with Crippen molar-refractivity contribution >= 4 is 11.9 Å². The van der Waals surface area contributed by atoms with Crippen molar-refractivity contribution in [3.8, 4) is 0 Å². The maximum atomic E-state index is 11.2. The van der Waals surface area contributed by atoms with Crippen LogP contribution in [0.25, 0.3) is 0 Å². The van der Waals surface area contributed by atoms with Crippen LogP contribution in [0.1, 0.15) is 35.0 Å². The van der Waals surface area contributed by atoms with Crippen LogP contribution in [0.2, 0.25) is 0 Å². The summed E-state index contributed by atoms with van der Waals surface area (Å²) < 4.78 is 9.48. The van der Waals surface area contributed by atoms with E-state index in [0.717, 1.165) is 0 Å². The molecule has 6 heteroatoms. The lowest BCUT2D eigenvalue weighted by Gasteiger charge is -2.19. The van der Waals surface area contributed by atoms with Crippen molar-refractivity contribution in [3.63, 3.8) is 0 Å². The molecule has 0 aliphatic carbocycles. The van der Waals surface area contributed by atoms with Gasteiger partial charge in [-0.3, -0.25) is 9.59 Å². The van der Waals surface area contributed by atoms with Gasteiger partial charge in [-0.1, -0.05) is 0 Å². The highest BCUT2D eigenvalue weighted by atomic mass is 35.5. The Morgan fingerprint density at radius 1 is 1.38 bits per heavy atom. The molecule has 0 aliphatic heterocycles. The molecule has 96 valence electrons. The Morgan fingerprint density at radius 3 is 2.25 bits per heavy atom. The van der Waals surface area contributed by atoms with Gasteiger partial charge in [0, 0.05) is 6.42 Å². The summed E-state index contributed by atoms with van der Waals surface area (Å²) in [5.41, 5.74) is 4.95. The van der Waals surface area contributed by atoms with Gasteiger partial charge in [-0.15, -0.1) is 0 Å². The molecule has 0 heterocycles. The van der Waals surface area contributed by atoms with Gasteiger partial charge < -0.3 is 27.6 Å². The normalized spacial score (nSPS) is 12.3. The predicted molar refractivity (Wildman–Crippen MR) is 56.2 cm³/mol. The average Bonchev–Trinajstić information content (AvgIpc) is 2.10. The van der Waals surface area contributed by atoms with Crippen molar-refractivity contribution in [1.29, 1.82) is 0 Å². The second kappa shape index (κ2) is 7.46. The zero-order valence-electron chi connectivity index (χ0n) is 11.1. The molecule has 1 atom stereocenters. The Balaban J connectivity index is -0.000000980. The quantitative estimate of drug-likeness (QED) is 0.572. The lowest BCUT2D eigenvalue weighted by atomic mass is 10.1.